The van der Waals surface area contributed by atoms with E-state index in [4.69, 9.17) is 4.42 Å². The maximum absolute atomic E-state index is 13.2. The Morgan fingerprint density at radius 1 is 1.31 bits per heavy atom. The van der Waals surface area contributed by atoms with E-state index >= 15 is 0 Å². The van der Waals surface area contributed by atoms with Crippen LogP contribution in [0.25, 0.3) is 10.8 Å². The van der Waals surface area contributed by atoms with Gasteiger partial charge in [0, 0.05) is 6.54 Å². The molecule has 1 aromatic carbocycles. The maximum Gasteiger partial charge on any atom is 0.277 e. The second-order valence-electron chi connectivity index (χ2n) is 5.67. The first-order chi connectivity index (χ1) is 12.4. The molecule has 1 N–H and O–H groups in total. The molecule has 0 spiro atoms. The minimum Gasteiger partial charge on any atom is -0.410 e. The van der Waals surface area contributed by atoms with Gasteiger partial charge >= 0.3 is 0 Å². The van der Waals surface area contributed by atoms with Crippen LogP contribution in [0.15, 0.2) is 27.8 Å². The van der Waals surface area contributed by atoms with Crippen molar-refractivity contribution in [3.8, 4) is 10.8 Å². The van der Waals surface area contributed by atoms with Crippen molar-refractivity contribution in [2.24, 2.45) is 0 Å². The lowest BCUT2D eigenvalue weighted by atomic mass is 10.1. The number of nitrogens with zero attached hydrogens (tertiary/aromatic N) is 3. The van der Waals surface area contributed by atoms with Crippen molar-refractivity contribution in [2.75, 3.05) is 5.75 Å². The molecule has 0 aliphatic carbocycles. The second-order valence-corrected chi connectivity index (χ2v) is 7.80. The van der Waals surface area contributed by atoms with Crippen LogP contribution in [0.3, 0.4) is 0 Å². The van der Waals surface area contributed by atoms with Crippen molar-refractivity contribution in [1.82, 2.24) is 20.5 Å². The largest absolute Gasteiger partial charge is 0.410 e. The summed E-state index contributed by atoms with van der Waals surface area (Å²) in [4.78, 5) is 17.1. The smallest absolute Gasteiger partial charge is 0.277 e. The fourth-order valence-corrected chi connectivity index (χ4v) is 3.72. The van der Waals surface area contributed by atoms with E-state index in [-0.39, 0.29) is 17.5 Å². The summed E-state index contributed by atoms with van der Waals surface area (Å²) in [5.41, 5.74) is 2.25. The zero-order valence-corrected chi connectivity index (χ0v) is 16.1. The van der Waals surface area contributed by atoms with Gasteiger partial charge in [0.2, 0.25) is 5.91 Å². The first-order valence-corrected chi connectivity index (χ1v) is 9.65. The number of carbonyl (C=O) groups excluding carboxylic acids is 1. The summed E-state index contributed by atoms with van der Waals surface area (Å²) in [5.74, 6) is 0.149. The van der Waals surface area contributed by atoms with Crippen LogP contribution >= 0.6 is 23.1 Å². The van der Waals surface area contributed by atoms with Gasteiger partial charge in [-0.1, -0.05) is 23.9 Å². The van der Waals surface area contributed by atoms with Gasteiger partial charge in [0.05, 0.1) is 16.5 Å². The molecule has 0 aliphatic rings. The predicted molar refractivity (Wildman–Crippen MR) is 98.6 cm³/mol. The predicted octanol–water partition coefficient (Wildman–Crippen LogP) is 3.67. The van der Waals surface area contributed by atoms with Gasteiger partial charge in [0.15, 0.2) is 0 Å². The highest BCUT2D eigenvalue weighted by Gasteiger charge is 2.16. The number of thiazole rings is 1. The molecular weight excluding hydrogens is 375 g/mol. The van der Waals surface area contributed by atoms with Crippen molar-refractivity contribution < 1.29 is 13.6 Å². The van der Waals surface area contributed by atoms with Crippen molar-refractivity contribution in [2.45, 2.75) is 32.5 Å². The van der Waals surface area contributed by atoms with E-state index in [0.717, 1.165) is 21.1 Å². The number of nitrogens with one attached hydrogen (secondary N) is 1. The number of hydrogen-bond donors (Lipinski definition) is 1. The molecule has 9 heteroatoms. The second kappa shape index (κ2) is 7.96. The first-order valence-electron chi connectivity index (χ1n) is 7.85. The number of rotatable bonds is 6. The third kappa shape index (κ3) is 4.47. The van der Waals surface area contributed by atoms with Gasteiger partial charge in [-0.3, -0.25) is 4.79 Å². The fourth-order valence-electron chi connectivity index (χ4n) is 2.29. The van der Waals surface area contributed by atoms with Crippen molar-refractivity contribution in [1.29, 1.82) is 0 Å². The molecule has 0 radical (unpaired) electrons. The molecule has 0 atom stereocenters. The average Bonchev–Trinajstić information content (AvgIpc) is 3.20. The molecule has 3 aromatic rings. The highest BCUT2D eigenvalue weighted by atomic mass is 32.2. The van der Waals surface area contributed by atoms with E-state index < -0.39 is 0 Å². The van der Waals surface area contributed by atoms with E-state index in [1.807, 2.05) is 13.8 Å². The van der Waals surface area contributed by atoms with E-state index in [0.29, 0.717) is 23.2 Å². The molecule has 1 amide bonds. The van der Waals surface area contributed by atoms with Gasteiger partial charge in [-0.2, -0.15) is 0 Å². The molecule has 0 saturated carbocycles. The molecule has 26 heavy (non-hydrogen) atoms. The number of amides is 1. The number of hydrogen-bond acceptors (Lipinski definition) is 7. The maximum atomic E-state index is 13.2. The van der Waals surface area contributed by atoms with Gasteiger partial charge in [-0.25, -0.2) is 9.37 Å². The number of aryl methyl sites for hydroxylation is 3. The zero-order chi connectivity index (χ0) is 18.7. The quantitative estimate of drug-likeness (QED) is 0.645. The van der Waals surface area contributed by atoms with E-state index in [9.17, 15) is 9.18 Å². The number of aromatic nitrogens is 3. The number of carbonyl (C=O) groups is 1. The Kier molecular flexibility index (Phi) is 5.67. The Morgan fingerprint density at radius 2 is 2.12 bits per heavy atom. The van der Waals surface area contributed by atoms with Gasteiger partial charge < -0.3 is 9.73 Å². The standard InChI is InChI=1S/C17H17FN4O2S2/c1-9-6-12(4-5-13(9)18)7-19-14(23)8-25-17-22-21-16(24-17)15-10(2)20-11(3)26-15/h4-6H,7-8H2,1-3H3,(H,19,23). The van der Waals surface area contributed by atoms with Crippen molar-refractivity contribution >= 4 is 29.0 Å². The number of thioether (sulfide) groups is 1. The summed E-state index contributed by atoms with van der Waals surface area (Å²) in [5, 5.41) is 12.0. The van der Waals surface area contributed by atoms with Gasteiger partial charge in [0.25, 0.3) is 11.1 Å². The highest BCUT2D eigenvalue weighted by molar-refractivity contribution is 7.99. The summed E-state index contributed by atoms with van der Waals surface area (Å²) in [6, 6.07) is 4.76. The summed E-state index contributed by atoms with van der Waals surface area (Å²) in [7, 11) is 0. The molecule has 3 rings (SSSR count). The lowest BCUT2D eigenvalue weighted by Crippen LogP contribution is -2.24. The monoisotopic (exact) mass is 392 g/mol. The molecule has 0 unspecified atom stereocenters. The SMILES string of the molecule is Cc1nc(C)c(-c2nnc(SCC(=O)NCc3ccc(F)c(C)c3)o2)s1. The Hall–Kier alpha value is -2.26. The van der Waals surface area contributed by atoms with E-state index in [1.165, 1.54) is 29.2 Å². The molecule has 136 valence electrons. The zero-order valence-electron chi connectivity index (χ0n) is 14.5. The number of benzene rings is 1. The molecule has 0 saturated heterocycles. The van der Waals surface area contributed by atoms with Crippen LogP contribution in [0.1, 0.15) is 21.8 Å². The summed E-state index contributed by atoms with van der Waals surface area (Å²) in [6.07, 6.45) is 0. The Bertz CT molecular complexity index is 939. The molecular formula is C17H17FN4O2S2. The van der Waals surface area contributed by atoms with Crippen LogP contribution < -0.4 is 5.32 Å². The minimum atomic E-state index is -0.255. The topological polar surface area (TPSA) is 80.9 Å². The Morgan fingerprint density at radius 3 is 2.81 bits per heavy atom. The van der Waals surface area contributed by atoms with Gasteiger partial charge in [0.1, 0.15) is 10.7 Å². The average molecular weight is 392 g/mol. The summed E-state index contributed by atoms with van der Waals surface area (Å²) >= 11 is 2.66. The molecule has 6 nitrogen and oxygen atoms in total. The van der Waals surface area contributed by atoms with Crippen LogP contribution in [0.2, 0.25) is 0 Å². The van der Waals surface area contributed by atoms with E-state index in [1.54, 1.807) is 19.1 Å². The molecule has 2 heterocycles. The third-order valence-corrected chi connectivity index (χ3v) is 5.42. The minimum absolute atomic E-state index is 0.155. The van der Waals surface area contributed by atoms with Crippen molar-refractivity contribution in [3.05, 3.63) is 45.8 Å². The molecule has 0 fully saturated rings. The van der Waals surface area contributed by atoms with Crippen LogP contribution in [0.5, 0.6) is 0 Å². The first kappa shape index (κ1) is 18.5. The Labute approximate surface area is 158 Å². The highest BCUT2D eigenvalue weighted by Crippen LogP contribution is 2.30. The number of halogens is 1. The van der Waals surface area contributed by atoms with Crippen LogP contribution in [0.4, 0.5) is 4.39 Å². The summed E-state index contributed by atoms with van der Waals surface area (Å²) in [6.45, 7) is 5.84. The molecule has 0 aliphatic heterocycles. The van der Waals surface area contributed by atoms with Crippen LogP contribution in [-0.4, -0.2) is 26.8 Å². The summed E-state index contributed by atoms with van der Waals surface area (Å²) < 4.78 is 18.8. The van der Waals surface area contributed by atoms with Gasteiger partial charge in [-0.15, -0.1) is 21.5 Å². The lowest BCUT2D eigenvalue weighted by Gasteiger charge is -2.05. The van der Waals surface area contributed by atoms with Gasteiger partial charge in [-0.05, 0) is 38.0 Å². The Balaban J connectivity index is 1.52. The lowest BCUT2D eigenvalue weighted by molar-refractivity contribution is -0.118. The normalized spacial score (nSPS) is 10.9. The fraction of sp³-hybridized carbons (Fsp3) is 0.294. The van der Waals surface area contributed by atoms with Crippen LogP contribution in [-0.2, 0) is 11.3 Å². The van der Waals surface area contributed by atoms with E-state index in [2.05, 4.69) is 20.5 Å². The molecule has 0 bridgehead atoms. The van der Waals surface area contributed by atoms with Crippen molar-refractivity contribution in [3.63, 3.8) is 0 Å². The molecule has 2 aromatic heterocycles. The van der Waals surface area contributed by atoms with Crippen LogP contribution in [0, 0.1) is 26.6 Å². The third-order valence-electron chi connectivity index (χ3n) is 3.54.